The molecule has 0 saturated heterocycles. The Hall–Kier alpha value is -2.77. The van der Waals surface area contributed by atoms with Gasteiger partial charge in [0.25, 0.3) is 0 Å². The molecule has 2 aromatic carbocycles. The van der Waals surface area contributed by atoms with Gasteiger partial charge >= 0.3 is 0 Å². The minimum absolute atomic E-state index is 0.0170. The molecule has 2 rings (SSSR count). The lowest BCUT2D eigenvalue weighted by Crippen LogP contribution is -2.24. The number of halogens is 1. The summed E-state index contributed by atoms with van der Waals surface area (Å²) in [6.07, 6.45) is 3.27. The third-order valence-electron chi connectivity index (χ3n) is 3.31. The molecule has 122 valence electrons. The van der Waals surface area contributed by atoms with Crippen LogP contribution in [0, 0.1) is 11.3 Å². The van der Waals surface area contributed by atoms with Gasteiger partial charge < -0.3 is 9.64 Å². The topological polar surface area (TPSA) is 53.3 Å². The Morgan fingerprint density at radius 3 is 2.50 bits per heavy atom. The standard InChI is InChI=1S/C19H17ClN2O2/c1-22(14-16-2-7-17(20)8-3-16)19(23)11-6-15-4-9-18(10-5-15)24-13-12-21/h2-11H,13-14H2,1H3. The number of ether oxygens (including phenoxy) is 1. The third kappa shape index (κ3) is 5.45. The summed E-state index contributed by atoms with van der Waals surface area (Å²) in [6, 6.07) is 16.5. The fraction of sp³-hybridized carbons (Fsp3) is 0.158. The van der Waals surface area contributed by atoms with Crippen molar-refractivity contribution >= 4 is 23.6 Å². The quantitative estimate of drug-likeness (QED) is 0.749. The van der Waals surface area contributed by atoms with Gasteiger partial charge in [-0.05, 0) is 41.5 Å². The van der Waals surface area contributed by atoms with Gasteiger partial charge in [0.15, 0.2) is 6.61 Å². The molecule has 0 aliphatic rings. The van der Waals surface area contributed by atoms with Crippen molar-refractivity contribution in [1.29, 1.82) is 5.26 Å². The molecule has 0 heterocycles. The zero-order valence-electron chi connectivity index (χ0n) is 13.3. The highest BCUT2D eigenvalue weighted by molar-refractivity contribution is 6.30. The van der Waals surface area contributed by atoms with Crippen molar-refractivity contribution in [1.82, 2.24) is 4.90 Å². The first-order valence-electron chi connectivity index (χ1n) is 7.36. The number of likely N-dealkylation sites (N-methyl/N-ethyl adjacent to an activating group) is 1. The summed E-state index contributed by atoms with van der Waals surface area (Å²) < 4.78 is 5.18. The predicted octanol–water partition coefficient (Wildman–Crippen LogP) is 3.91. The van der Waals surface area contributed by atoms with E-state index >= 15 is 0 Å². The van der Waals surface area contributed by atoms with Crippen molar-refractivity contribution in [2.24, 2.45) is 0 Å². The molecule has 2 aromatic rings. The Kier molecular flexibility index (Phi) is 6.41. The van der Waals surface area contributed by atoms with E-state index in [9.17, 15) is 4.79 Å². The monoisotopic (exact) mass is 340 g/mol. The predicted molar refractivity (Wildman–Crippen MR) is 94.5 cm³/mol. The maximum atomic E-state index is 12.1. The Labute approximate surface area is 146 Å². The second kappa shape index (κ2) is 8.76. The number of benzene rings is 2. The summed E-state index contributed by atoms with van der Waals surface area (Å²) in [5, 5.41) is 9.14. The van der Waals surface area contributed by atoms with E-state index in [2.05, 4.69) is 0 Å². The van der Waals surface area contributed by atoms with E-state index < -0.39 is 0 Å². The smallest absolute Gasteiger partial charge is 0.246 e. The number of hydrogen-bond donors (Lipinski definition) is 0. The van der Waals surface area contributed by atoms with Crippen molar-refractivity contribution in [2.75, 3.05) is 13.7 Å². The summed E-state index contributed by atoms with van der Waals surface area (Å²) >= 11 is 5.85. The van der Waals surface area contributed by atoms with Gasteiger partial charge in [0.2, 0.25) is 5.91 Å². The lowest BCUT2D eigenvalue weighted by molar-refractivity contribution is -0.125. The van der Waals surface area contributed by atoms with Gasteiger partial charge in [0.1, 0.15) is 11.8 Å². The Bertz CT molecular complexity index is 746. The van der Waals surface area contributed by atoms with E-state index in [0.29, 0.717) is 17.3 Å². The molecule has 5 heteroatoms. The van der Waals surface area contributed by atoms with Crippen LogP contribution in [0.15, 0.2) is 54.6 Å². The largest absolute Gasteiger partial charge is 0.479 e. The van der Waals surface area contributed by atoms with Crippen LogP contribution in [0.4, 0.5) is 0 Å². The summed E-state index contributed by atoms with van der Waals surface area (Å²) in [5.41, 5.74) is 1.90. The van der Waals surface area contributed by atoms with E-state index in [1.165, 1.54) is 6.08 Å². The van der Waals surface area contributed by atoms with Gasteiger partial charge in [-0.2, -0.15) is 5.26 Å². The van der Waals surface area contributed by atoms with Gasteiger partial charge in [-0.3, -0.25) is 4.79 Å². The van der Waals surface area contributed by atoms with Crippen molar-refractivity contribution < 1.29 is 9.53 Å². The first-order chi connectivity index (χ1) is 11.6. The Balaban J connectivity index is 1.91. The lowest BCUT2D eigenvalue weighted by atomic mass is 10.2. The number of rotatable bonds is 6. The summed E-state index contributed by atoms with van der Waals surface area (Å²) in [6.45, 7) is 0.532. The molecule has 4 nitrogen and oxygen atoms in total. The van der Waals surface area contributed by atoms with Crippen LogP contribution in [0.5, 0.6) is 5.75 Å². The third-order valence-corrected chi connectivity index (χ3v) is 3.56. The molecular weight excluding hydrogens is 324 g/mol. The Morgan fingerprint density at radius 1 is 1.21 bits per heavy atom. The molecule has 0 aliphatic carbocycles. The highest BCUT2D eigenvalue weighted by Gasteiger charge is 2.05. The van der Waals surface area contributed by atoms with E-state index in [0.717, 1.165) is 11.1 Å². The number of nitrogens with zero attached hydrogens (tertiary/aromatic N) is 2. The number of nitriles is 1. The maximum absolute atomic E-state index is 12.1. The highest BCUT2D eigenvalue weighted by atomic mass is 35.5. The molecule has 0 radical (unpaired) electrons. The summed E-state index contributed by atoms with van der Waals surface area (Å²) in [4.78, 5) is 13.8. The molecule has 0 aromatic heterocycles. The van der Waals surface area contributed by atoms with Crippen LogP contribution in [0.3, 0.4) is 0 Å². The van der Waals surface area contributed by atoms with Crippen molar-refractivity contribution in [3.63, 3.8) is 0 Å². The van der Waals surface area contributed by atoms with Crippen molar-refractivity contribution in [3.8, 4) is 11.8 Å². The van der Waals surface area contributed by atoms with Crippen LogP contribution >= 0.6 is 11.6 Å². The molecule has 1 amide bonds. The molecule has 0 spiro atoms. The molecule has 0 unspecified atom stereocenters. The summed E-state index contributed by atoms with van der Waals surface area (Å²) in [7, 11) is 1.75. The molecule has 0 bridgehead atoms. The van der Waals surface area contributed by atoms with Crippen molar-refractivity contribution in [3.05, 3.63) is 70.8 Å². The molecular formula is C19H17ClN2O2. The van der Waals surface area contributed by atoms with Crippen molar-refractivity contribution in [2.45, 2.75) is 6.54 Å². The van der Waals surface area contributed by atoms with E-state index in [1.807, 2.05) is 30.3 Å². The molecule has 0 atom stereocenters. The van der Waals surface area contributed by atoms with Gasteiger partial charge in [0, 0.05) is 24.7 Å². The summed E-state index contributed by atoms with van der Waals surface area (Å²) in [5.74, 6) is 0.537. The number of carbonyl (C=O) groups excluding carboxylic acids is 1. The second-order valence-electron chi connectivity index (χ2n) is 5.17. The second-order valence-corrected chi connectivity index (χ2v) is 5.61. The van der Waals surface area contributed by atoms with E-state index in [-0.39, 0.29) is 12.5 Å². The average molecular weight is 341 g/mol. The van der Waals surface area contributed by atoms with E-state index in [4.69, 9.17) is 21.6 Å². The van der Waals surface area contributed by atoms with Crippen LogP contribution < -0.4 is 4.74 Å². The SMILES string of the molecule is CN(Cc1ccc(Cl)cc1)C(=O)C=Cc1ccc(OCC#N)cc1. The van der Waals surface area contributed by atoms with Gasteiger partial charge in [-0.1, -0.05) is 35.9 Å². The fourth-order valence-electron chi connectivity index (χ4n) is 2.03. The molecule has 0 fully saturated rings. The fourth-order valence-corrected chi connectivity index (χ4v) is 2.15. The average Bonchev–Trinajstić information content (AvgIpc) is 2.60. The first-order valence-corrected chi connectivity index (χ1v) is 7.74. The minimum Gasteiger partial charge on any atom is -0.479 e. The van der Waals surface area contributed by atoms with Crippen LogP contribution in [0.1, 0.15) is 11.1 Å². The zero-order valence-corrected chi connectivity index (χ0v) is 14.0. The number of carbonyl (C=O) groups is 1. The number of amides is 1. The molecule has 0 aliphatic heterocycles. The van der Waals surface area contributed by atoms with E-state index in [1.54, 1.807) is 42.3 Å². The first kappa shape index (κ1) is 17.6. The van der Waals surface area contributed by atoms with Gasteiger partial charge in [0.05, 0.1) is 0 Å². The normalized spacial score (nSPS) is 10.4. The zero-order chi connectivity index (χ0) is 17.4. The van der Waals surface area contributed by atoms with Gasteiger partial charge in [-0.15, -0.1) is 0 Å². The van der Waals surface area contributed by atoms with Crippen LogP contribution in [-0.4, -0.2) is 24.5 Å². The van der Waals surface area contributed by atoms with Crippen LogP contribution in [0.2, 0.25) is 5.02 Å². The van der Waals surface area contributed by atoms with Crippen LogP contribution in [-0.2, 0) is 11.3 Å². The van der Waals surface area contributed by atoms with Crippen LogP contribution in [0.25, 0.3) is 6.08 Å². The lowest BCUT2D eigenvalue weighted by Gasteiger charge is -2.15. The molecule has 24 heavy (non-hydrogen) atoms. The molecule has 0 N–H and O–H groups in total. The highest BCUT2D eigenvalue weighted by Crippen LogP contribution is 2.14. The van der Waals surface area contributed by atoms with Gasteiger partial charge in [-0.25, -0.2) is 0 Å². The maximum Gasteiger partial charge on any atom is 0.246 e. The Morgan fingerprint density at radius 2 is 1.88 bits per heavy atom. The number of hydrogen-bond acceptors (Lipinski definition) is 3. The minimum atomic E-state index is -0.0882. The molecule has 0 saturated carbocycles.